The normalized spacial score (nSPS) is 30.3. The van der Waals surface area contributed by atoms with E-state index in [1.165, 1.54) is 19.2 Å². The molecule has 0 aromatic carbocycles. The van der Waals surface area contributed by atoms with Gasteiger partial charge in [0.2, 0.25) is 5.95 Å². The number of fused-ring (bicyclic) bond motifs is 1. The number of ether oxygens (including phenoxy) is 2. The van der Waals surface area contributed by atoms with Crippen molar-refractivity contribution in [3.8, 4) is 0 Å². The first-order valence-electron chi connectivity index (χ1n) is 15.5. The zero-order chi connectivity index (χ0) is 42.4. The van der Waals surface area contributed by atoms with Crippen molar-refractivity contribution >= 4 is 60.8 Å². The molecule has 0 saturated carbocycles. The molecule has 57 heavy (non-hydrogen) atoms. The fourth-order valence-corrected chi connectivity index (χ4v) is 10.3. The lowest BCUT2D eigenvalue weighted by molar-refractivity contribution is -0.551. The largest absolute Gasteiger partial charge is 0.493 e. The molecule has 12 atom stereocenters. The van der Waals surface area contributed by atoms with Crippen LogP contribution in [0.1, 0.15) is 11.8 Å². The fraction of sp³-hybridized carbons (Fsp3) is 0.522. The van der Waals surface area contributed by atoms with E-state index in [0.29, 0.717) is 4.57 Å². The Hall–Kier alpha value is -3.24. The van der Waals surface area contributed by atoms with Crippen molar-refractivity contribution in [1.29, 1.82) is 0 Å². The van der Waals surface area contributed by atoms with Gasteiger partial charge in [-0.1, -0.05) is 16.7 Å². The van der Waals surface area contributed by atoms with Gasteiger partial charge < -0.3 is 60.9 Å². The summed E-state index contributed by atoms with van der Waals surface area (Å²) in [5.74, 6) is -0.498. The van der Waals surface area contributed by atoms with Crippen LogP contribution in [0.15, 0.2) is 26.7 Å². The van der Waals surface area contributed by atoms with Gasteiger partial charge in [-0.15, -0.1) is 4.98 Å². The molecule has 0 radical (unpaired) electrons. The molecule has 0 aliphatic carbocycles. The number of hydrogen-bond donors (Lipinski definition) is 12. The molecule has 2 aromatic heterocycles. The van der Waals surface area contributed by atoms with Crippen LogP contribution < -0.4 is 28.3 Å². The lowest BCUT2D eigenvalue weighted by Crippen LogP contribution is -2.38. The minimum Gasteiger partial charge on any atom is -0.387 e. The van der Waals surface area contributed by atoms with Crippen molar-refractivity contribution in [2.24, 2.45) is 5.73 Å². The Bertz CT molecular complexity index is 2380. The topological polar surface area (TPSA) is 453 Å². The minimum atomic E-state index is -6.28. The van der Waals surface area contributed by atoms with E-state index < -0.39 is 110 Å². The molecule has 2 saturated heterocycles. The third-order valence-corrected chi connectivity index (χ3v) is 13.7. The lowest BCUT2D eigenvalue weighted by atomic mass is 10.1. The van der Waals surface area contributed by atoms with Crippen LogP contribution >= 0.6 is 31.3 Å². The molecule has 5 heterocycles. The molecule has 5 rings (SSSR count). The molecule has 14 N–H and O–H groups in total. The molecular weight excluding hydrogens is 864 g/mol. The Balaban J connectivity index is 1.16. The van der Waals surface area contributed by atoms with E-state index in [-0.39, 0.29) is 29.6 Å². The van der Waals surface area contributed by atoms with Gasteiger partial charge in [0.05, 0.1) is 18.8 Å². The van der Waals surface area contributed by atoms with Gasteiger partial charge >= 0.3 is 66.3 Å². The summed E-state index contributed by atoms with van der Waals surface area (Å²) in [5, 5.41) is 41.9. The highest BCUT2D eigenvalue weighted by Crippen LogP contribution is 2.71. The average molecular weight is 898 g/mol. The standard InChI is InChI=1S/C23H32N8O22P4/c1-29-8-31(17-12(29)19(37)27-22(25)26-17)21-16(35)14(33)11(50-21)7-48-55(41,42)52-57(45,46)53-56(43,44)51-54(39,40)47-6-10-13(32)15(34)20(49-10)30-5-9(3-2-4-24)18(36)28-23(30)38/h2-3,5,10-11,13-16,20-21,32-35H,4,6-7,24H2,1H3,(H6-2,25,26,27,28,36,37,38,39,40,41,42,43,44,45,46)/p+2/t10-,11-,13+,14?,15?,16?,20-,21-/m1/s1. The number of H-pyrrole nitrogens is 2. The maximum Gasteiger partial charge on any atom is 0.493 e. The number of anilines is 1. The van der Waals surface area contributed by atoms with Crippen LogP contribution in [0.3, 0.4) is 0 Å². The highest BCUT2D eigenvalue weighted by molar-refractivity contribution is 7.69. The molecule has 3 aliphatic rings. The number of aliphatic hydroxyl groups excluding tert-OH is 4. The van der Waals surface area contributed by atoms with Gasteiger partial charge in [0, 0.05) is 12.7 Å². The van der Waals surface area contributed by atoms with Gasteiger partial charge in [-0.3, -0.25) is 33.2 Å². The quantitative estimate of drug-likeness (QED) is 0.0558. The lowest BCUT2D eigenvalue weighted by Gasteiger charge is -2.21. The first kappa shape index (κ1) is 44.9. The van der Waals surface area contributed by atoms with Crippen molar-refractivity contribution in [2.45, 2.75) is 49.1 Å². The number of aromatic nitrogens is 4. The van der Waals surface area contributed by atoms with Crippen LogP contribution in [-0.4, -0.2) is 144 Å². The van der Waals surface area contributed by atoms with Gasteiger partial charge in [0.1, 0.15) is 30.5 Å². The van der Waals surface area contributed by atoms with Crippen LogP contribution in [0.2, 0.25) is 0 Å². The molecule has 30 nitrogen and oxygen atoms in total. The van der Waals surface area contributed by atoms with Crippen molar-refractivity contribution in [1.82, 2.24) is 19.5 Å². The molecule has 316 valence electrons. The zero-order valence-electron chi connectivity index (χ0n) is 28.5. The molecule has 2 aromatic rings. The van der Waals surface area contributed by atoms with E-state index in [9.17, 15) is 72.6 Å². The summed E-state index contributed by atoms with van der Waals surface area (Å²) < 4.78 is 83.7. The summed E-state index contributed by atoms with van der Waals surface area (Å²) in [4.78, 5) is 84.5. The second kappa shape index (κ2) is 16.8. The average Bonchev–Trinajstić information content (AvgIpc) is 3.66. The zero-order valence-corrected chi connectivity index (χ0v) is 32.1. The molecule has 2 fully saturated rings. The van der Waals surface area contributed by atoms with E-state index in [1.807, 2.05) is 4.98 Å². The van der Waals surface area contributed by atoms with Crippen molar-refractivity contribution in [2.75, 3.05) is 32.5 Å². The van der Waals surface area contributed by atoms with E-state index in [4.69, 9.17) is 20.9 Å². The number of aliphatic hydroxyl groups is 4. The molecule has 0 amide bonds. The predicted octanol–water partition coefficient (Wildman–Crippen LogP) is -4.47. The Morgan fingerprint density at radius 2 is 1.40 bits per heavy atom. The molecule has 3 aliphatic heterocycles. The number of nitrogens with two attached hydrogens (primary N) is 2. The van der Waals surface area contributed by atoms with Crippen LogP contribution in [0.4, 0.5) is 17.5 Å². The smallest absolute Gasteiger partial charge is 0.387 e. The predicted molar refractivity (Wildman–Crippen MR) is 181 cm³/mol. The summed E-state index contributed by atoms with van der Waals surface area (Å²) in [7, 11) is -22.9. The summed E-state index contributed by atoms with van der Waals surface area (Å²) in [6.07, 6.45) is -10.9. The van der Waals surface area contributed by atoms with Crippen molar-refractivity contribution < 1.29 is 98.9 Å². The Labute approximate surface area is 315 Å². The maximum absolute atomic E-state index is 12.5. The van der Waals surface area contributed by atoms with Crippen LogP contribution in [0.25, 0.3) is 6.08 Å². The molecule has 0 bridgehead atoms. The molecule has 34 heteroatoms. The Kier molecular flexibility index (Phi) is 13.2. The Morgan fingerprint density at radius 1 is 0.860 bits per heavy atom. The third kappa shape index (κ3) is 10.3. The number of phosphoric ester groups is 2. The first-order chi connectivity index (χ1) is 26.3. The van der Waals surface area contributed by atoms with Gasteiger partial charge in [-0.2, -0.15) is 12.9 Å². The van der Waals surface area contributed by atoms with E-state index >= 15 is 0 Å². The SMILES string of the molecule is C[N+]1=C=[N+]([C@@H]2O[C@H](COP(=O)(O)OP(=O)(O)OP(=O)(O)OP(=O)(O)OC[C@H]3O[C@@H](n4cc(C=CCN)c(=O)[nH]c4=O)C(O)[C@H]3O)C(O)C2O)c2nc(N)[nH]c(=O)c21. The number of nitrogens with zero attached hydrogens (tertiary/aromatic N) is 4. The van der Waals surface area contributed by atoms with Gasteiger partial charge in [-0.05, 0) is 4.58 Å². The van der Waals surface area contributed by atoms with Crippen molar-refractivity contribution in [3.63, 3.8) is 0 Å². The number of nitrogen functional groups attached to an aromatic ring is 1. The second-order valence-corrected chi connectivity index (χ2v) is 18.1. The van der Waals surface area contributed by atoms with Crippen molar-refractivity contribution in [3.05, 3.63) is 49.0 Å². The summed E-state index contributed by atoms with van der Waals surface area (Å²) in [6.45, 7) is -2.42. The fourth-order valence-electron chi connectivity index (χ4n) is 5.36. The number of rotatable bonds is 16. The van der Waals surface area contributed by atoms with Gasteiger partial charge in [0.25, 0.3) is 5.56 Å². The van der Waals surface area contributed by atoms with E-state index in [1.54, 1.807) is 0 Å². The summed E-state index contributed by atoms with van der Waals surface area (Å²) in [6, 6.07) is 2.60. The highest BCUT2D eigenvalue weighted by atomic mass is 31.3. The number of nitrogens with one attached hydrogen (secondary N) is 2. The summed E-state index contributed by atoms with van der Waals surface area (Å²) >= 11 is 0. The highest BCUT2D eigenvalue weighted by Gasteiger charge is 2.55. The summed E-state index contributed by atoms with van der Waals surface area (Å²) in [5.41, 5.74) is 8.06. The monoisotopic (exact) mass is 898 g/mol. The van der Waals surface area contributed by atoms with Crippen LogP contribution in [-0.2, 0) is 49.7 Å². The first-order valence-corrected chi connectivity index (χ1v) is 21.5. The van der Waals surface area contributed by atoms with Gasteiger partial charge in [0.15, 0.2) is 19.4 Å². The van der Waals surface area contributed by atoms with E-state index in [0.717, 1.165) is 15.3 Å². The van der Waals surface area contributed by atoms with E-state index in [2.05, 4.69) is 38.0 Å². The second-order valence-electron chi connectivity index (χ2n) is 11.8. The maximum atomic E-state index is 12.5. The molecular formula is C23H34N8O22P4+2. The third-order valence-electron chi connectivity index (χ3n) is 7.77. The van der Waals surface area contributed by atoms with Crippen LogP contribution in [0, 0.1) is 0 Å². The van der Waals surface area contributed by atoms with Crippen LogP contribution in [0.5, 0.6) is 0 Å². The Morgan fingerprint density at radius 3 is 1.98 bits per heavy atom. The van der Waals surface area contributed by atoms with Gasteiger partial charge in [-0.25, -0.2) is 23.1 Å². The number of aromatic amines is 2. The molecule has 7 unspecified atom stereocenters. The number of hydrogen-bond acceptors (Lipinski definition) is 21. The number of phosphoric acid groups is 4. The minimum absolute atomic E-state index is 0.0118. The molecule has 0 spiro atoms.